The molecule has 0 aliphatic carbocycles. The molecule has 1 heterocycles. The molecule has 0 aromatic heterocycles. The van der Waals surface area contributed by atoms with Gasteiger partial charge in [0.2, 0.25) is 0 Å². The quantitative estimate of drug-likeness (QED) is 0.499. The van der Waals surface area contributed by atoms with Crippen LogP contribution in [0.15, 0.2) is 36.4 Å². The maximum absolute atomic E-state index is 10.6. The standard InChI is InChI=1S/C23H30O6S.H2O/c1-4-29-16-7-5-14(6-8-16)10-15-11-17(18(28-3)9-13(15)2)23-22(27)21(26)20(25)19(12-24)30-23;/h5-9,11,19-27H,4,10,12H2,1-3H3;1H2/t19-,20-,21+,22-,23?;/m1./s1. The maximum atomic E-state index is 10.6. The third-order valence-corrected chi connectivity index (χ3v) is 7.12. The van der Waals surface area contributed by atoms with Crippen molar-refractivity contribution in [3.8, 4) is 11.5 Å². The molecule has 1 aliphatic rings. The number of hydrogen-bond acceptors (Lipinski definition) is 7. The van der Waals surface area contributed by atoms with E-state index < -0.39 is 28.8 Å². The van der Waals surface area contributed by atoms with Crippen LogP contribution in [-0.2, 0) is 6.42 Å². The minimum atomic E-state index is -1.34. The average molecular weight is 453 g/mol. The fraction of sp³-hybridized carbons (Fsp3) is 0.478. The largest absolute Gasteiger partial charge is 0.496 e. The average Bonchev–Trinajstić information content (AvgIpc) is 2.75. The fourth-order valence-electron chi connectivity index (χ4n) is 3.78. The molecule has 3 rings (SSSR count). The molecule has 1 saturated heterocycles. The van der Waals surface area contributed by atoms with Crippen LogP contribution in [0.1, 0.15) is 34.4 Å². The van der Waals surface area contributed by atoms with Gasteiger partial charge in [-0.25, -0.2) is 0 Å². The monoisotopic (exact) mass is 452 g/mol. The van der Waals surface area contributed by atoms with Crippen LogP contribution in [0.5, 0.6) is 11.5 Å². The molecule has 1 fully saturated rings. The Morgan fingerprint density at radius 2 is 1.68 bits per heavy atom. The Balaban J connectivity index is 0.00000341. The van der Waals surface area contributed by atoms with E-state index in [-0.39, 0.29) is 12.1 Å². The van der Waals surface area contributed by atoms with Gasteiger partial charge in [0.25, 0.3) is 0 Å². The van der Waals surface area contributed by atoms with Gasteiger partial charge in [0.1, 0.15) is 17.6 Å². The normalized spacial score (nSPS) is 25.6. The van der Waals surface area contributed by atoms with E-state index >= 15 is 0 Å². The second-order valence-corrected chi connectivity index (χ2v) is 8.91. The van der Waals surface area contributed by atoms with Crippen LogP contribution in [-0.4, -0.2) is 69.8 Å². The third kappa shape index (κ3) is 5.52. The van der Waals surface area contributed by atoms with Gasteiger partial charge in [0.05, 0.1) is 43.0 Å². The van der Waals surface area contributed by atoms with E-state index in [0.29, 0.717) is 18.8 Å². The molecule has 0 saturated carbocycles. The highest BCUT2D eigenvalue weighted by Crippen LogP contribution is 2.46. The van der Waals surface area contributed by atoms with Gasteiger partial charge in [-0.3, -0.25) is 0 Å². The maximum Gasteiger partial charge on any atom is 0.123 e. The molecule has 2 aromatic rings. The molecule has 0 radical (unpaired) electrons. The molecular formula is C23H32O7S. The number of aliphatic hydroxyl groups is 4. The van der Waals surface area contributed by atoms with Crippen molar-refractivity contribution in [2.24, 2.45) is 0 Å². The Bertz CT molecular complexity index is 841. The van der Waals surface area contributed by atoms with Gasteiger partial charge in [-0.2, -0.15) is 0 Å². The number of aliphatic hydroxyl groups excluding tert-OH is 4. The molecule has 0 bridgehead atoms. The highest BCUT2D eigenvalue weighted by atomic mass is 32.2. The fourth-order valence-corrected chi connectivity index (χ4v) is 5.22. The molecule has 1 unspecified atom stereocenters. The molecule has 2 aromatic carbocycles. The Morgan fingerprint density at radius 1 is 1.00 bits per heavy atom. The molecule has 1 aliphatic heterocycles. The zero-order chi connectivity index (χ0) is 21.8. The lowest BCUT2D eigenvalue weighted by Gasteiger charge is -2.40. The number of hydrogen-bond donors (Lipinski definition) is 4. The summed E-state index contributed by atoms with van der Waals surface area (Å²) in [5, 5.41) is 39.5. The first-order chi connectivity index (χ1) is 14.4. The number of rotatable bonds is 7. The molecule has 172 valence electrons. The summed E-state index contributed by atoms with van der Waals surface area (Å²) in [4.78, 5) is 0. The summed E-state index contributed by atoms with van der Waals surface area (Å²) in [7, 11) is 1.57. The van der Waals surface area contributed by atoms with Crippen LogP contribution in [0.4, 0.5) is 0 Å². The first kappa shape index (κ1) is 25.5. The first-order valence-electron chi connectivity index (χ1n) is 10.1. The number of methoxy groups -OCH3 is 1. The number of benzene rings is 2. The van der Waals surface area contributed by atoms with Crippen LogP contribution in [0.25, 0.3) is 0 Å². The Labute approximate surface area is 187 Å². The van der Waals surface area contributed by atoms with Gasteiger partial charge in [0, 0.05) is 5.56 Å². The Hall–Kier alpha value is -1.81. The highest BCUT2D eigenvalue weighted by Gasteiger charge is 2.44. The SMILES string of the molecule is CCOc1ccc(Cc2cc(C3S[C@H](CO)[C@@H](O)[C@H](O)[C@H]3O)c(OC)cc2C)cc1.O. The molecule has 7 nitrogen and oxygen atoms in total. The molecule has 31 heavy (non-hydrogen) atoms. The summed E-state index contributed by atoms with van der Waals surface area (Å²) in [5.74, 6) is 1.44. The Morgan fingerprint density at radius 3 is 2.26 bits per heavy atom. The molecular weight excluding hydrogens is 420 g/mol. The van der Waals surface area contributed by atoms with Crippen molar-refractivity contribution in [1.82, 2.24) is 0 Å². The number of thioether (sulfide) groups is 1. The lowest BCUT2D eigenvalue weighted by molar-refractivity contribution is -0.0701. The summed E-state index contributed by atoms with van der Waals surface area (Å²) in [6, 6.07) is 11.9. The van der Waals surface area contributed by atoms with Gasteiger partial charge in [-0.15, -0.1) is 11.8 Å². The second kappa shape index (κ2) is 11.2. The van der Waals surface area contributed by atoms with Crippen molar-refractivity contribution in [2.45, 2.75) is 49.1 Å². The first-order valence-corrected chi connectivity index (χ1v) is 11.0. The lowest BCUT2D eigenvalue weighted by Crippen LogP contribution is -2.51. The van der Waals surface area contributed by atoms with Crippen LogP contribution in [0, 0.1) is 6.92 Å². The van der Waals surface area contributed by atoms with Gasteiger partial charge < -0.3 is 35.4 Å². The zero-order valence-electron chi connectivity index (χ0n) is 18.0. The third-order valence-electron chi connectivity index (χ3n) is 5.52. The predicted molar refractivity (Wildman–Crippen MR) is 121 cm³/mol. The van der Waals surface area contributed by atoms with E-state index in [0.717, 1.165) is 28.0 Å². The summed E-state index contributed by atoms with van der Waals surface area (Å²) in [6.07, 6.45) is -3.01. The molecule has 0 spiro atoms. The van der Waals surface area contributed by atoms with Gasteiger partial charge in [-0.05, 0) is 55.2 Å². The van der Waals surface area contributed by atoms with Gasteiger partial charge in [-0.1, -0.05) is 18.2 Å². The number of aryl methyl sites for hydroxylation is 1. The molecule has 5 atom stereocenters. The van der Waals surface area contributed by atoms with Crippen LogP contribution in [0.2, 0.25) is 0 Å². The van der Waals surface area contributed by atoms with Crippen molar-refractivity contribution in [3.05, 3.63) is 58.7 Å². The Kier molecular flexibility index (Phi) is 9.17. The van der Waals surface area contributed by atoms with Crippen LogP contribution >= 0.6 is 11.8 Å². The minimum absolute atomic E-state index is 0. The zero-order valence-corrected chi connectivity index (χ0v) is 18.8. The van der Waals surface area contributed by atoms with E-state index in [4.69, 9.17) is 9.47 Å². The van der Waals surface area contributed by atoms with Crippen molar-refractivity contribution in [2.75, 3.05) is 20.3 Å². The summed E-state index contributed by atoms with van der Waals surface area (Å²) in [6.45, 7) is 4.29. The lowest BCUT2D eigenvalue weighted by atomic mass is 9.92. The van der Waals surface area contributed by atoms with E-state index in [9.17, 15) is 20.4 Å². The minimum Gasteiger partial charge on any atom is -0.496 e. The van der Waals surface area contributed by atoms with E-state index in [1.807, 2.05) is 50.2 Å². The number of ether oxygens (including phenoxy) is 2. The summed E-state index contributed by atoms with van der Waals surface area (Å²) >= 11 is 1.26. The summed E-state index contributed by atoms with van der Waals surface area (Å²) in [5.41, 5.74) is 3.99. The van der Waals surface area contributed by atoms with E-state index in [1.54, 1.807) is 7.11 Å². The second-order valence-electron chi connectivity index (χ2n) is 7.52. The molecule has 0 amide bonds. The summed E-state index contributed by atoms with van der Waals surface area (Å²) < 4.78 is 11.1. The van der Waals surface area contributed by atoms with Crippen molar-refractivity contribution >= 4 is 11.8 Å². The van der Waals surface area contributed by atoms with Crippen LogP contribution in [0.3, 0.4) is 0 Å². The molecule has 6 N–H and O–H groups in total. The highest BCUT2D eigenvalue weighted by molar-refractivity contribution is 8.00. The van der Waals surface area contributed by atoms with E-state index in [1.165, 1.54) is 11.8 Å². The van der Waals surface area contributed by atoms with Crippen molar-refractivity contribution < 1.29 is 35.4 Å². The smallest absolute Gasteiger partial charge is 0.123 e. The van der Waals surface area contributed by atoms with Crippen molar-refractivity contribution in [1.29, 1.82) is 0 Å². The van der Waals surface area contributed by atoms with Gasteiger partial charge in [0.15, 0.2) is 0 Å². The van der Waals surface area contributed by atoms with E-state index in [2.05, 4.69) is 0 Å². The topological polar surface area (TPSA) is 131 Å². The predicted octanol–water partition coefficient (Wildman–Crippen LogP) is 1.40. The van der Waals surface area contributed by atoms with Gasteiger partial charge >= 0.3 is 0 Å². The molecule has 8 heteroatoms. The van der Waals surface area contributed by atoms with Crippen LogP contribution < -0.4 is 9.47 Å². The van der Waals surface area contributed by atoms with Crippen molar-refractivity contribution in [3.63, 3.8) is 0 Å².